The van der Waals surface area contributed by atoms with Crippen LogP contribution in [0.3, 0.4) is 0 Å². The van der Waals surface area contributed by atoms with Gasteiger partial charge in [0.25, 0.3) is 0 Å². The van der Waals surface area contributed by atoms with Gasteiger partial charge in [0.15, 0.2) is 0 Å². The van der Waals surface area contributed by atoms with Crippen molar-refractivity contribution in [2.45, 2.75) is 5.03 Å². The number of rotatable bonds is 0. The Labute approximate surface area is 61.7 Å². The molecule has 42 valence electrons. The lowest BCUT2D eigenvalue weighted by atomic mass is 10.5. The summed E-state index contributed by atoms with van der Waals surface area (Å²) in [5.41, 5.74) is 0. The summed E-state index contributed by atoms with van der Waals surface area (Å²) in [6.07, 6.45) is 1.68. The van der Waals surface area contributed by atoms with Gasteiger partial charge in [-0.3, -0.25) is 4.98 Å². The first-order chi connectivity index (χ1) is 3.79. The molecule has 0 bridgehead atoms. The van der Waals surface area contributed by atoms with Crippen LogP contribution >= 0.6 is 15.9 Å². The third kappa shape index (κ3) is 1.42. The van der Waals surface area contributed by atoms with Crippen LogP contribution in [0.4, 0.5) is 0 Å². The zero-order valence-electron chi connectivity index (χ0n) is 3.97. The first-order valence-corrected chi connectivity index (χ1v) is 3.28. The van der Waals surface area contributed by atoms with Gasteiger partial charge in [0.2, 0.25) is 0 Å². The van der Waals surface area contributed by atoms with Crippen LogP contribution in [-0.2, 0) is 12.6 Å². The first kappa shape index (κ1) is 5.98. The predicted octanol–water partition coefficient (Wildman–Crippen LogP) is 1.75. The average molecular weight is 189 g/mol. The molecule has 0 spiro atoms. The Morgan fingerprint density at radius 2 is 2.25 bits per heavy atom. The molecule has 1 nitrogen and oxygen atoms in total. The molecule has 0 aliphatic carbocycles. The van der Waals surface area contributed by atoms with Gasteiger partial charge in [0.1, 0.15) is 0 Å². The van der Waals surface area contributed by atoms with E-state index in [2.05, 4.69) is 20.9 Å². The van der Waals surface area contributed by atoms with E-state index in [1.165, 1.54) is 0 Å². The zero-order valence-corrected chi connectivity index (χ0v) is 6.37. The van der Waals surface area contributed by atoms with Crippen molar-refractivity contribution in [1.82, 2.24) is 4.98 Å². The predicted molar refractivity (Wildman–Crippen MR) is 37.6 cm³/mol. The fourth-order valence-corrected chi connectivity index (χ4v) is 0.718. The average Bonchev–Trinajstić information content (AvgIpc) is 1.77. The maximum Gasteiger partial charge on any atom is 0.0391 e. The summed E-state index contributed by atoms with van der Waals surface area (Å²) in [5.74, 6) is 0. The summed E-state index contributed by atoms with van der Waals surface area (Å²) in [4.78, 5) is 3.85. The second-order valence-electron chi connectivity index (χ2n) is 1.31. The van der Waals surface area contributed by atoms with E-state index < -0.39 is 0 Å². The Bertz CT molecular complexity index is 151. The molecular weight excluding hydrogens is 186 g/mol. The van der Waals surface area contributed by atoms with E-state index in [-0.39, 0.29) is 0 Å². The SMILES string of the molecule is [S-]c1ccc(Br)cn1. The molecule has 0 atom stereocenters. The molecule has 0 aromatic carbocycles. The van der Waals surface area contributed by atoms with Gasteiger partial charge in [0.05, 0.1) is 0 Å². The van der Waals surface area contributed by atoms with Crippen molar-refractivity contribution in [1.29, 1.82) is 0 Å². The van der Waals surface area contributed by atoms with E-state index in [0.29, 0.717) is 5.03 Å². The fraction of sp³-hybridized carbons (Fsp3) is 0. The number of hydrogen-bond donors (Lipinski definition) is 0. The van der Waals surface area contributed by atoms with Crippen molar-refractivity contribution in [2.24, 2.45) is 0 Å². The van der Waals surface area contributed by atoms with E-state index in [9.17, 15) is 0 Å². The molecule has 0 saturated heterocycles. The van der Waals surface area contributed by atoms with Crippen LogP contribution in [0.1, 0.15) is 0 Å². The van der Waals surface area contributed by atoms with Gasteiger partial charge in [-0.2, -0.15) is 0 Å². The van der Waals surface area contributed by atoms with Crippen LogP contribution in [0.5, 0.6) is 0 Å². The molecule has 0 aliphatic rings. The second kappa shape index (κ2) is 2.42. The minimum absolute atomic E-state index is 0.633. The normalized spacial score (nSPS) is 9.12. The smallest absolute Gasteiger partial charge is 0.0391 e. The third-order valence-corrected chi connectivity index (χ3v) is 1.41. The summed E-state index contributed by atoms with van der Waals surface area (Å²) in [6.45, 7) is 0. The summed E-state index contributed by atoms with van der Waals surface area (Å²) in [6, 6.07) is 3.65. The van der Waals surface area contributed by atoms with Crippen LogP contribution in [0.15, 0.2) is 27.8 Å². The number of halogens is 1. The number of hydrogen-bond acceptors (Lipinski definition) is 2. The fourth-order valence-electron chi connectivity index (χ4n) is 0.362. The lowest BCUT2D eigenvalue weighted by Gasteiger charge is -1.99. The van der Waals surface area contributed by atoms with Crippen molar-refractivity contribution >= 4 is 28.6 Å². The van der Waals surface area contributed by atoms with Crippen LogP contribution in [-0.4, -0.2) is 4.98 Å². The molecule has 0 unspecified atom stereocenters. The lowest BCUT2D eigenvalue weighted by molar-refractivity contribution is 1.13. The monoisotopic (exact) mass is 188 g/mol. The van der Waals surface area contributed by atoms with Crippen LogP contribution in [0, 0.1) is 0 Å². The highest BCUT2D eigenvalue weighted by atomic mass is 79.9. The van der Waals surface area contributed by atoms with E-state index >= 15 is 0 Å². The number of nitrogens with zero attached hydrogens (tertiary/aromatic N) is 1. The van der Waals surface area contributed by atoms with Crippen LogP contribution in [0.25, 0.3) is 0 Å². The number of aromatic nitrogens is 1. The molecule has 3 heteroatoms. The third-order valence-electron chi connectivity index (χ3n) is 0.700. The zero-order chi connectivity index (χ0) is 5.98. The maximum absolute atomic E-state index is 4.74. The van der Waals surface area contributed by atoms with Gasteiger partial charge in [-0.05, 0) is 22.0 Å². The Hall–Kier alpha value is -0.150. The van der Waals surface area contributed by atoms with Gasteiger partial charge >= 0.3 is 0 Å². The molecule has 0 N–H and O–H groups in total. The molecular formula is C5H3BrNS-. The van der Waals surface area contributed by atoms with Gasteiger partial charge in [-0.15, -0.1) is 0 Å². The topological polar surface area (TPSA) is 12.9 Å². The van der Waals surface area contributed by atoms with Crippen molar-refractivity contribution in [3.05, 3.63) is 22.8 Å². The molecule has 0 radical (unpaired) electrons. The van der Waals surface area contributed by atoms with Gasteiger partial charge in [-0.25, -0.2) is 0 Å². The van der Waals surface area contributed by atoms with Crippen LogP contribution in [0.2, 0.25) is 0 Å². The Balaban J connectivity index is 3.03. The summed E-state index contributed by atoms with van der Waals surface area (Å²) < 4.78 is 0.964. The number of pyridine rings is 1. The minimum Gasteiger partial charge on any atom is -0.760 e. The minimum atomic E-state index is 0.633. The largest absolute Gasteiger partial charge is 0.760 e. The summed E-state index contributed by atoms with van der Waals surface area (Å²) in [5, 5.41) is 0.633. The molecule has 1 heterocycles. The summed E-state index contributed by atoms with van der Waals surface area (Å²) in [7, 11) is 0. The maximum atomic E-state index is 4.74. The summed E-state index contributed by atoms with van der Waals surface area (Å²) >= 11 is 7.98. The Kier molecular flexibility index (Phi) is 1.81. The molecule has 1 rings (SSSR count). The van der Waals surface area contributed by atoms with Crippen molar-refractivity contribution < 1.29 is 0 Å². The van der Waals surface area contributed by atoms with E-state index in [1.54, 1.807) is 12.3 Å². The molecule has 1 aromatic heterocycles. The van der Waals surface area contributed by atoms with Crippen LogP contribution < -0.4 is 0 Å². The van der Waals surface area contributed by atoms with E-state index in [1.807, 2.05) is 6.07 Å². The quantitative estimate of drug-likeness (QED) is 0.576. The highest BCUT2D eigenvalue weighted by molar-refractivity contribution is 9.10. The van der Waals surface area contributed by atoms with Gasteiger partial charge in [-0.1, -0.05) is 11.1 Å². The highest BCUT2D eigenvalue weighted by Crippen LogP contribution is 2.05. The van der Waals surface area contributed by atoms with Crippen molar-refractivity contribution in [3.8, 4) is 0 Å². The van der Waals surface area contributed by atoms with Crippen molar-refractivity contribution in [3.63, 3.8) is 0 Å². The molecule has 0 aliphatic heterocycles. The Morgan fingerprint density at radius 3 is 2.62 bits per heavy atom. The lowest BCUT2D eigenvalue weighted by Crippen LogP contribution is -1.74. The van der Waals surface area contributed by atoms with E-state index in [0.717, 1.165) is 4.47 Å². The van der Waals surface area contributed by atoms with Gasteiger partial charge < -0.3 is 12.6 Å². The standard InChI is InChI=1S/C5H4BrNS/c6-4-1-2-5(8)7-3-4/h1-3H,(H,7,8)/p-1. The molecule has 0 saturated carbocycles. The second-order valence-corrected chi connectivity index (χ2v) is 2.65. The first-order valence-electron chi connectivity index (χ1n) is 2.07. The Morgan fingerprint density at radius 1 is 1.50 bits per heavy atom. The van der Waals surface area contributed by atoms with Crippen molar-refractivity contribution in [2.75, 3.05) is 0 Å². The highest BCUT2D eigenvalue weighted by Gasteiger charge is 1.78. The molecule has 0 amide bonds. The molecule has 1 aromatic rings. The van der Waals surface area contributed by atoms with E-state index in [4.69, 9.17) is 12.6 Å². The molecule has 8 heavy (non-hydrogen) atoms. The molecule has 0 fully saturated rings. The van der Waals surface area contributed by atoms with Gasteiger partial charge in [0, 0.05) is 10.7 Å².